The predicted molar refractivity (Wildman–Crippen MR) is 126 cm³/mol. The summed E-state index contributed by atoms with van der Waals surface area (Å²) in [5.74, 6) is -0.0411. The number of hydrogen-bond donors (Lipinski definition) is 1. The second-order valence-corrected chi connectivity index (χ2v) is 8.09. The Balaban J connectivity index is 1.70. The molecule has 3 aromatic carbocycles. The van der Waals surface area contributed by atoms with Crippen LogP contribution < -0.4 is 19.1 Å². The third kappa shape index (κ3) is 3.55. The van der Waals surface area contributed by atoms with Gasteiger partial charge in [-0.15, -0.1) is 0 Å². The van der Waals surface area contributed by atoms with E-state index >= 15 is 0 Å². The van der Waals surface area contributed by atoms with Gasteiger partial charge in [0.2, 0.25) is 0 Å². The summed E-state index contributed by atoms with van der Waals surface area (Å²) in [6.45, 7) is 2.71. The van der Waals surface area contributed by atoms with Crippen molar-refractivity contribution in [2.24, 2.45) is 0 Å². The number of ether oxygens (including phenoxy) is 3. The van der Waals surface area contributed by atoms with Crippen LogP contribution in [0.15, 0.2) is 72.3 Å². The molecular formula is C27H23NO6. The number of benzene rings is 3. The SMILES string of the molecule is COc1ccc(C2/C(=C(/O)c3ccc4c(c3)OCCO4)C(=O)C(=O)N2c2ccccc2C)cc1. The Hall–Kier alpha value is -4.26. The minimum atomic E-state index is -0.819. The van der Waals surface area contributed by atoms with Gasteiger partial charge < -0.3 is 19.3 Å². The fourth-order valence-electron chi connectivity index (χ4n) is 4.36. The predicted octanol–water partition coefficient (Wildman–Crippen LogP) is 4.40. The molecule has 1 amide bonds. The molecule has 7 nitrogen and oxygen atoms in total. The summed E-state index contributed by atoms with van der Waals surface area (Å²) >= 11 is 0. The molecule has 0 aromatic heterocycles. The molecule has 1 saturated heterocycles. The van der Waals surface area contributed by atoms with E-state index in [1.807, 2.05) is 25.1 Å². The summed E-state index contributed by atoms with van der Waals surface area (Å²) in [6.07, 6.45) is 0. The molecule has 2 aliphatic rings. The number of aliphatic hydroxyl groups excluding tert-OH is 1. The van der Waals surface area contributed by atoms with Crippen molar-refractivity contribution in [1.82, 2.24) is 0 Å². The number of carbonyl (C=O) groups is 2. The molecule has 1 N–H and O–H groups in total. The normalized spacial score (nSPS) is 18.8. The monoisotopic (exact) mass is 457 g/mol. The number of rotatable bonds is 4. The maximum absolute atomic E-state index is 13.3. The molecule has 0 spiro atoms. The van der Waals surface area contributed by atoms with Crippen LogP contribution in [0.1, 0.15) is 22.7 Å². The second-order valence-electron chi connectivity index (χ2n) is 8.09. The van der Waals surface area contributed by atoms with Gasteiger partial charge in [0.1, 0.15) is 24.7 Å². The number of Topliss-reactive ketones (excluding diaryl/α,β-unsaturated/α-hetero) is 1. The number of amides is 1. The van der Waals surface area contributed by atoms with Gasteiger partial charge in [-0.1, -0.05) is 30.3 Å². The van der Waals surface area contributed by atoms with Crippen molar-refractivity contribution in [3.05, 3.63) is 89.0 Å². The van der Waals surface area contributed by atoms with E-state index in [0.717, 1.165) is 5.56 Å². The molecule has 3 aromatic rings. The van der Waals surface area contributed by atoms with Gasteiger partial charge in [0.25, 0.3) is 11.7 Å². The summed E-state index contributed by atoms with van der Waals surface area (Å²) in [4.78, 5) is 28.1. The third-order valence-electron chi connectivity index (χ3n) is 6.07. The topological polar surface area (TPSA) is 85.3 Å². The highest BCUT2D eigenvalue weighted by Gasteiger charge is 2.47. The van der Waals surface area contributed by atoms with Crippen molar-refractivity contribution < 1.29 is 28.9 Å². The molecule has 34 heavy (non-hydrogen) atoms. The molecule has 1 unspecified atom stereocenters. The van der Waals surface area contributed by atoms with E-state index in [1.165, 1.54) is 4.90 Å². The smallest absolute Gasteiger partial charge is 0.300 e. The first kappa shape index (κ1) is 21.6. The number of carbonyl (C=O) groups excluding carboxylic acids is 2. The molecule has 7 heteroatoms. The maximum atomic E-state index is 13.3. The minimum Gasteiger partial charge on any atom is -0.507 e. The highest BCUT2D eigenvalue weighted by atomic mass is 16.6. The Bertz CT molecular complexity index is 1310. The molecule has 0 saturated carbocycles. The zero-order valence-electron chi connectivity index (χ0n) is 18.8. The standard InChI is InChI=1S/C27H23NO6/c1-16-5-3-4-6-20(16)28-24(17-7-10-19(32-2)11-8-17)23(26(30)27(28)31)25(29)18-9-12-21-22(15-18)34-14-13-33-21/h3-12,15,24,29H,13-14H2,1-2H3/b25-23-. The lowest BCUT2D eigenvalue weighted by Crippen LogP contribution is -2.30. The van der Waals surface area contributed by atoms with Crippen LogP contribution in [0.2, 0.25) is 0 Å². The van der Waals surface area contributed by atoms with Gasteiger partial charge in [-0.2, -0.15) is 0 Å². The van der Waals surface area contributed by atoms with E-state index in [4.69, 9.17) is 14.2 Å². The average molecular weight is 457 g/mol. The Labute approximate surface area is 196 Å². The number of ketones is 1. The zero-order valence-corrected chi connectivity index (χ0v) is 18.8. The van der Waals surface area contributed by atoms with Crippen LogP contribution in [-0.4, -0.2) is 37.1 Å². The summed E-state index contributed by atoms with van der Waals surface area (Å²) in [6, 6.07) is 18.6. The lowest BCUT2D eigenvalue weighted by atomic mass is 9.94. The molecule has 0 aliphatic carbocycles. The minimum absolute atomic E-state index is 0.00935. The Morgan fingerprint density at radius 3 is 2.38 bits per heavy atom. The number of fused-ring (bicyclic) bond motifs is 1. The first-order valence-corrected chi connectivity index (χ1v) is 10.9. The van der Waals surface area contributed by atoms with E-state index in [2.05, 4.69) is 0 Å². The molecule has 2 heterocycles. The Kier molecular flexibility index (Phi) is 5.45. The number of para-hydroxylation sites is 1. The first-order valence-electron chi connectivity index (χ1n) is 10.9. The number of nitrogens with zero attached hydrogens (tertiary/aromatic N) is 1. The molecule has 1 atom stereocenters. The van der Waals surface area contributed by atoms with Gasteiger partial charge in [0.15, 0.2) is 11.5 Å². The van der Waals surface area contributed by atoms with Crippen LogP contribution in [0.3, 0.4) is 0 Å². The van der Waals surface area contributed by atoms with Crippen molar-refractivity contribution in [1.29, 1.82) is 0 Å². The van der Waals surface area contributed by atoms with Gasteiger partial charge in [-0.05, 0) is 54.4 Å². The first-order chi connectivity index (χ1) is 16.5. The van der Waals surface area contributed by atoms with Gasteiger partial charge in [-0.25, -0.2) is 0 Å². The van der Waals surface area contributed by atoms with Gasteiger partial charge in [0.05, 0.1) is 18.7 Å². The molecule has 0 radical (unpaired) electrons. The van der Waals surface area contributed by atoms with Crippen molar-refractivity contribution in [3.63, 3.8) is 0 Å². The van der Waals surface area contributed by atoms with Gasteiger partial charge in [0, 0.05) is 11.3 Å². The second kappa shape index (κ2) is 8.59. The lowest BCUT2D eigenvalue weighted by molar-refractivity contribution is -0.132. The van der Waals surface area contributed by atoms with Crippen LogP contribution in [0, 0.1) is 6.92 Å². The summed E-state index contributed by atoms with van der Waals surface area (Å²) in [5, 5.41) is 11.3. The van der Waals surface area contributed by atoms with Crippen LogP contribution in [0.5, 0.6) is 17.2 Å². The average Bonchev–Trinajstić information content (AvgIpc) is 3.13. The summed E-state index contributed by atoms with van der Waals surface area (Å²) < 4.78 is 16.5. The lowest BCUT2D eigenvalue weighted by Gasteiger charge is -2.27. The molecule has 5 rings (SSSR count). The van der Waals surface area contributed by atoms with Crippen LogP contribution in [0.25, 0.3) is 5.76 Å². The van der Waals surface area contributed by atoms with Crippen molar-refractivity contribution in [2.45, 2.75) is 13.0 Å². The van der Waals surface area contributed by atoms with Crippen molar-refractivity contribution in [2.75, 3.05) is 25.2 Å². The van der Waals surface area contributed by atoms with E-state index in [0.29, 0.717) is 47.3 Å². The Morgan fingerprint density at radius 2 is 1.68 bits per heavy atom. The molecule has 1 fully saturated rings. The largest absolute Gasteiger partial charge is 0.507 e. The van der Waals surface area contributed by atoms with Crippen LogP contribution >= 0.6 is 0 Å². The number of methoxy groups -OCH3 is 1. The summed E-state index contributed by atoms with van der Waals surface area (Å²) in [5.41, 5.74) is 2.48. The van der Waals surface area contributed by atoms with E-state index in [1.54, 1.807) is 55.6 Å². The van der Waals surface area contributed by atoms with Crippen molar-refractivity contribution >= 4 is 23.1 Å². The van der Waals surface area contributed by atoms with Crippen molar-refractivity contribution in [3.8, 4) is 17.2 Å². The number of aryl methyl sites for hydroxylation is 1. The number of anilines is 1. The highest BCUT2D eigenvalue weighted by Crippen LogP contribution is 2.44. The van der Waals surface area contributed by atoms with Gasteiger partial charge >= 0.3 is 0 Å². The van der Waals surface area contributed by atoms with Gasteiger partial charge in [-0.3, -0.25) is 14.5 Å². The van der Waals surface area contributed by atoms with E-state index in [9.17, 15) is 14.7 Å². The fourth-order valence-corrected chi connectivity index (χ4v) is 4.36. The highest BCUT2D eigenvalue weighted by molar-refractivity contribution is 6.51. The quantitative estimate of drug-likeness (QED) is 0.355. The molecule has 172 valence electrons. The number of hydrogen-bond acceptors (Lipinski definition) is 6. The number of aliphatic hydroxyl groups is 1. The summed E-state index contributed by atoms with van der Waals surface area (Å²) in [7, 11) is 1.57. The molecule has 0 bridgehead atoms. The Morgan fingerprint density at radius 1 is 0.971 bits per heavy atom. The third-order valence-corrected chi connectivity index (χ3v) is 6.07. The van der Waals surface area contributed by atoms with Crippen LogP contribution in [-0.2, 0) is 9.59 Å². The maximum Gasteiger partial charge on any atom is 0.300 e. The molecular weight excluding hydrogens is 434 g/mol. The zero-order chi connectivity index (χ0) is 23.8. The fraction of sp³-hybridized carbons (Fsp3) is 0.185. The van der Waals surface area contributed by atoms with E-state index < -0.39 is 17.7 Å². The van der Waals surface area contributed by atoms with E-state index in [-0.39, 0.29) is 11.3 Å². The van der Waals surface area contributed by atoms with Crippen LogP contribution in [0.4, 0.5) is 5.69 Å². The molecule has 2 aliphatic heterocycles.